The van der Waals surface area contributed by atoms with Crippen LogP contribution in [0.2, 0.25) is 0 Å². The predicted molar refractivity (Wildman–Crippen MR) is 511 cm³/mol. The second-order valence-electron chi connectivity index (χ2n) is 27.3. The molecule has 19 heteroatoms. The molecule has 4 heterocycles. The average Bonchev–Trinajstić information content (AvgIpc) is 1.62. The van der Waals surface area contributed by atoms with Gasteiger partial charge in [0.1, 0.15) is 34.8 Å². The van der Waals surface area contributed by atoms with Crippen LogP contribution < -0.4 is 9.47 Å². The summed E-state index contributed by atoms with van der Waals surface area (Å²) in [6.07, 6.45) is 2.55. The quantitative estimate of drug-likeness (QED) is 0.0548. The van der Waals surface area contributed by atoms with E-state index in [0.717, 1.165) is 96.3 Å². The van der Waals surface area contributed by atoms with E-state index in [1.165, 1.54) is 131 Å². The van der Waals surface area contributed by atoms with Crippen molar-refractivity contribution in [3.05, 3.63) is 425 Å². The Hall–Kier alpha value is -8.33. The molecule has 0 amide bonds. The predicted octanol–water partition coefficient (Wildman–Crippen LogP) is 31.2. The number of carbonyl (C=O) groups is 3. The Morgan fingerprint density at radius 2 is 0.855 bits per heavy atom. The number of carbonyl (C=O) groups excluding carboxylic acids is 3. The first-order valence-electron chi connectivity index (χ1n) is 36.7. The van der Waals surface area contributed by atoms with Gasteiger partial charge in [0.15, 0.2) is 5.78 Å². The smallest absolute Gasteiger partial charge is 0.205 e. The number of ether oxygens (including phenoxy) is 2. The summed E-state index contributed by atoms with van der Waals surface area (Å²) in [6, 6.07) is 86.6. The van der Waals surface area contributed by atoms with Gasteiger partial charge in [0.2, 0.25) is 11.6 Å². The molecule has 0 aliphatic rings. The molecule has 4 aromatic heterocycles. The van der Waals surface area contributed by atoms with Crippen LogP contribution in [0.15, 0.2) is 297 Å². The number of methoxy groups -OCH3 is 2. The molecule has 0 bridgehead atoms. The van der Waals surface area contributed by atoms with Crippen molar-refractivity contribution in [3.63, 3.8) is 0 Å². The van der Waals surface area contributed by atoms with Crippen molar-refractivity contribution >= 4 is 192 Å². The van der Waals surface area contributed by atoms with Gasteiger partial charge in [0.25, 0.3) is 0 Å². The third-order valence-electron chi connectivity index (χ3n) is 18.8. The number of hydrogen-bond donors (Lipinski definition) is 0. The molecular weight excluding hydrogens is 2030 g/mol. The van der Waals surface area contributed by atoms with Crippen molar-refractivity contribution < 1.29 is 41.4 Å². The third-order valence-corrected chi connectivity index (χ3v) is 27.3. The van der Waals surface area contributed by atoms with E-state index in [4.69, 9.17) is 9.47 Å². The Bertz CT molecular complexity index is 6110. The minimum absolute atomic E-state index is 0.0286. The fourth-order valence-corrected chi connectivity index (χ4v) is 19.0. The fraction of sp³-hybridized carbons (Fsp3) is 0.112. The summed E-state index contributed by atoms with van der Waals surface area (Å²) in [4.78, 5) is 43.4. The molecule has 0 aliphatic carbocycles. The molecule has 0 atom stereocenters. The highest BCUT2D eigenvalue weighted by Gasteiger charge is 2.20. The second kappa shape index (κ2) is 42.6. The number of aryl methyl sites for hydroxylation is 6. The van der Waals surface area contributed by atoms with Crippen molar-refractivity contribution in [3.8, 4) is 32.4 Å². The lowest BCUT2D eigenvalue weighted by Crippen LogP contribution is -2.04. The second-order valence-corrected chi connectivity index (χ2v) is 37.8. The zero-order valence-corrected chi connectivity index (χ0v) is 78.6. The van der Waals surface area contributed by atoms with Crippen molar-refractivity contribution in [1.29, 1.82) is 0 Å². The molecule has 0 saturated heterocycles. The number of hydrogen-bond acceptors (Lipinski definition) is 9. The zero-order valence-electron chi connectivity index (χ0n) is 64.6. The molecule has 0 N–H and O–H groups in total. The highest BCUT2D eigenvalue weighted by molar-refractivity contribution is 14.1. The molecule has 16 rings (SSSR count). The highest BCUT2D eigenvalue weighted by atomic mass is 127. The number of rotatable bonds is 16. The summed E-state index contributed by atoms with van der Waals surface area (Å²) < 4.78 is 72.0. The number of fused-ring (bicyclic) bond motifs is 2. The summed E-state index contributed by atoms with van der Waals surface area (Å²) in [7, 11) is 3.30. The molecule has 0 fully saturated rings. The summed E-state index contributed by atoms with van der Waals surface area (Å²) in [6.45, 7) is 12.3. The minimum atomic E-state index is -0.495. The Labute approximate surface area is 757 Å². The van der Waals surface area contributed by atoms with Crippen LogP contribution in [-0.2, 0) is 19.3 Å². The van der Waals surface area contributed by atoms with Crippen molar-refractivity contribution in [1.82, 2.24) is 0 Å². The first kappa shape index (κ1) is 89.5. The molecule has 12 aromatic carbocycles. The molecular formula is C98H76Br4F4I2O5S4. The van der Waals surface area contributed by atoms with Gasteiger partial charge in [-0.1, -0.05) is 161 Å². The van der Waals surface area contributed by atoms with Gasteiger partial charge in [-0.3, -0.25) is 14.4 Å². The number of thiophene rings is 4. The maximum absolute atomic E-state index is 13.7. The lowest BCUT2D eigenvalue weighted by molar-refractivity contribution is 0.103. The van der Waals surface area contributed by atoms with Gasteiger partial charge in [0.05, 0.1) is 29.5 Å². The molecule has 592 valence electrons. The topological polar surface area (TPSA) is 69.7 Å². The van der Waals surface area contributed by atoms with E-state index in [-0.39, 0.29) is 40.4 Å². The molecule has 117 heavy (non-hydrogen) atoms. The van der Waals surface area contributed by atoms with Gasteiger partial charge < -0.3 is 9.47 Å². The van der Waals surface area contributed by atoms with Gasteiger partial charge in [-0.15, -0.1) is 45.3 Å². The highest BCUT2D eigenvalue weighted by Crippen LogP contribution is 2.36. The number of halogens is 10. The Balaban J connectivity index is 0.000000138. The van der Waals surface area contributed by atoms with Crippen LogP contribution >= 0.6 is 154 Å². The van der Waals surface area contributed by atoms with E-state index in [0.29, 0.717) is 26.2 Å². The third kappa shape index (κ3) is 24.9. The van der Waals surface area contributed by atoms with E-state index in [9.17, 15) is 31.9 Å². The Kier molecular flexibility index (Phi) is 32.5. The minimum Gasteiger partial charge on any atom is -0.497 e. The van der Waals surface area contributed by atoms with E-state index in [1.54, 1.807) is 85.4 Å². The van der Waals surface area contributed by atoms with Gasteiger partial charge in [-0.05, 0) is 353 Å². The largest absolute Gasteiger partial charge is 0.497 e. The average molecular weight is 2110 g/mol. The molecule has 16 aromatic rings. The first-order valence-corrected chi connectivity index (χ1v) is 45.3. The molecule has 0 unspecified atom stereocenters. The van der Waals surface area contributed by atoms with E-state index in [2.05, 4.69) is 202 Å². The summed E-state index contributed by atoms with van der Waals surface area (Å²) in [5.41, 5.74) is 16.0. The van der Waals surface area contributed by atoms with Gasteiger partial charge in [0, 0.05) is 83.5 Å². The Morgan fingerprint density at radius 1 is 0.350 bits per heavy atom. The Morgan fingerprint density at radius 3 is 1.47 bits per heavy atom. The lowest BCUT2D eigenvalue weighted by atomic mass is 9.97. The molecule has 5 nitrogen and oxygen atoms in total. The van der Waals surface area contributed by atoms with E-state index >= 15 is 0 Å². The van der Waals surface area contributed by atoms with E-state index < -0.39 is 5.82 Å². The van der Waals surface area contributed by atoms with Crippen LogP contribution in [0, 0.1) is 72.0 Å². The number of ketones is 3. The zero-order chi connectivity index (χ0) is 83.6. The van der Waals surface area contributed by atoms with Crippen molar-refractivity contribution in [2.75, 3.05) is 14.2 Å². The maximum atomic E-state index is 13.7. The van der Waals surface area contributed by atoms with Crippen LogP contribution in [-0.4, -0.2) is 31.6 Å². The summed E-state index contributed by atoms with van der Waals surface area (Å²) in [5.74, 6) is 0.353. The first-order chi connectivity index (χ1) is 56.1. The summed E-state index contributed by atoms with van der Waals surface area (Å²) >= 11 is 24.6. The van der Waals surface area contributed by atoms with Gasteiger partial charge >= 0.3 is 0 Å². The maximum Gasteiger partial charge on any atom is 0.205 e. The van der Waals surface area contributed by atoms with Crippen LogP contribution in [0.1, 0.15) is 112 Å². The fourth-order valence-electron chi connectivity index (χ4n) is 12.3. The lowest BCUT2D eigenvalue weighted by Gasteiger charge is -2.09. The molecule has 0 saturated carbocycles. The standard InChI is InChI=1S/C18H12FIOS.C18H14FIS.C16H15BrO2.C16H17BrO.C15H8BrFOS.C15H10BrFS/c1-11-2-7-14(20)10-15(11)18(21)17-9-8-16(22-17)12-3-5-13(19)6-4-12;1-12-2-7-16(20)10-14(12)11-17-8-9-18(21-17)13-3-5-15(19)6-4-13;1-10-8-11(2)15(17)9-14(10)16(18)12-4-6-13(19-3)7-5-12;1-11-8-12(2)16(17)10-14(11)9-13-4-6-15(18-3)7-5-13;16-10-5-6-12(17)11(8-10)15(18)14-7-9-3-1-2-4-13(9)19-14;16-12-5-6-14(17)11(7-12)9-13-8-10-3-1-2-4-15(10)18-13/h2-10H,1H3;2-10H,11H2,1H3;4-9H,1-3H3;4-8,10H,9H2,1-3H3;1-8H;1-8H,9H2. The molecule has 0 radical (unpaired) electrons. The van der Waals surface area contributed by atoms with Crippen LogP contribution in [0.25, 0.3) is 41.1 Å². The van der Waals surface area contributed by atoms with Crippen molar-refractivity contribution in [2.45, 2.75) is 60.8 Å². The molecule has 0 aliphatic heterocycles. The normalized spacial score (nSPS) is 10.7. The monoisotopic (exact) mass is 2110 g/mol. The summed E-state index contributed by atoms with van der Waals surface area (Å²) in [5, 5.41) is 2.24. The molecule has 0 spiro atoms. The van der Waals surface area contributed by atoms with E-state index in [1.807, 2.05) is 136 Å². The van der Waals surface area contributed by atoms with Gasteiger partial charge in [-0.2, -0.15) is 0 Å². The van der Waals surface area contributed by atoms with Crippen LogP contribution in [0.5, 0.6) is 11.5 Å². The van der Waals surface area contributed by atoms with Crippen LogP contribution in [0.4, 0.5) is 17.6 Å². The number of benzene rings is 12. The van der Waals surface area contributed by atoms with Gasteiger partial charge in [-0.25, -0.2) is 17.6 Å². The van der Waals surface area contributed by atoms with Crippen LogP contribution in [0.3, 0.4) is 0 Å². The van der Waals surface area contributed by atoms with Crippen molar-refractivity contribution in [2.24, 2.45) is 0 Å². The SMILES string of the molecule is COc1ccc(C(=O)c2cc(Br)c(C)cc2C)cc1.COc1ccc(Cc2cc(Br)c(C)cc2C)cc1.Cc1ccc(I)cc1C(=O)c1ccc(-c2ccc(F)cc2)s1.Cc1ccc(I)cc1Cc1ccc(-c2ccc(F)cc2)s1.Fc1ccc(Br)cc1Cc1cc2ccccc2s1.O=C(c1cc2ccccc2s1)c1cc(Br)ccc1F.